The molecule has 630 valence electrons. The van der Waals surface area contributed by atoms with E-state index in [2.05, 4.69) is 383 Å². The van der Waals surface area contributed by atoms with Crippen LogP contribution in [0.15, 0.2) is 330 Å². The molecule has 0 aromatic heterocycles. The van der Waals surface area contributed by atoms with E-state index in [1.54, 1.807) is 0 Å². The van der Waals surface area contributed by atoms with Gasteiger partial charge in [-0.05, 0) is 338 Å². The van der Waals surface area contributed by atoms with E-state index in [-0.39, 0.29) is 208 Å². The van der Waals surface area contributed by atoms with Crippen molar-refractivity contribution < 1.29 is 148 Å². The molecule has 0 saturated carbocycles. The van der Waals surface area contributed by atoms with Gasteiger partial charge >= 0.3 is 0 Å². The van der Waals surface area contributed by atoms with Gasteiger partial charge in [0, 0.05) is 148 Å². The molecule has 0 unspecified atom stereocenters. The Morgan fingerprint density at radius 1 is 0.161 bits per heavy atom. The largest absolute Gasteiger partial charge is 0.358 e. The number of hydrogen-bond acceptors (Lipinski definition) is 0. The minimum atomic E-state index is 0. The minimum absolute atomic E-state index is 0. The first-order chi connectivity index (χ1) is 52.6. The summed E-state index contributed by atoms with van der Waals surface area (Å²) in [6, 6.07) is 97.0. The Labute approximate surface area is 841 Å². The fourth-order valence-electron chi connectivity index (χ4n) is 16.8. The topological polar surface area (TPSA) is 0 Å². The molecule has 0 nitrogen and oxygen atoms in total. The van der Waals surface area contributed by atoms with Crippen LogP contribution in [0.5, 0.6) is 0 Å². The van der Waals surface area contributed by atoms with Crippen LogP contribution < -0.4 is 0 Å². The molecule has 23 rings (SSSR count). The molecule has 8 radical (unpaired) electrons. The Kier molecular flexibility index (Phi) is 50.4. The van der Waals surface area contributed by atoms with Gasteiger partial charge in [0.15, 0.2) is 0 Å². The van der Waals surface area contributed by atoms with Crippen LogP contribution in [-0.2, 0) is 193 Å². The molecule has 8 heteroatoms. The van der Waals surface area contributed by atoms with Crippen LogP contribution in [0, 0.1) is 59.4 Å². The summed E-state index contributed by atoms with van der Waals surface area (Å²) < 4.78 is 0. The van der Waals surface area contributed by atoms with Gasteiger partial charge in [-0.25, -0.2) is 0 Å². The monoisotopic (exact) mass is 1920 g/mol. The first-order valence-electron chi connectivity index (χ1n) is 38.7. The van der Waals surface area contributed by atoms with Crippen LogP contribution in [0.4, 0.5) is 0 Å². The van der Waals surface area contributed by atoms with Gasteiger partial charge in [-0.2, -0.15) is 0 Å². The van der Waals surface area contributed by atoms with Gasteiger partial charge in [0.2, 0.25) is 0 Å². The van der Waals surface area contributed by atoms with Crippen molar-refractivity contribution in [2.24, 2.45) is 0 Å². The van der Waals surface area contributed by atoms with E-state index < -0.39 is 0 Å². The first kappa shape index (κ1) is 117. The summed E-state index contributed by atoms with van der Waals surface area (Å²) in [5, 5.41) is 21.5. The van der Waals surface area contributed by atoms with Crippen LogP contribution in [0.1, 0.15) is 140 Å². The Bertz CT molecular complexity index is 5910. The van der Waals surface area contributed by atoms with E-state index >= 15 is 0 Å². The standard InChI is InChI=1S/3C18H14.2C14H12.2C10H10.C6H8.8CH3.8V/c3*1-12-6-15-10-17-8-13-4-2-3-5-14(13)9-18(17)11-16(15)7-12;2*1-10-6-13-8-11-4-2-3-5-12(11)9-14(13)7-10;2*1-8-6-9-4-2-3-5-10(9)7-8;1-6-4-2-3-5-6;;;;;;;;;;;;;;;;/h3*2-6,8-11H,7H2,1H3;2*2-6,8-9H,7H2,1H3;2*2-6H,7H2,1H3;2-4H,5H2,1H3;8*1H3;;;;;;;;/q;;;;;;;;8*-1;;;;;;;;. The average Bonchev–Trinajstić information content (AvgIpc) is 1.40. The van der Waals surface area contributed by atoms with Crippen molar-refractivity contribution in [3.05, 3.63) is 467 Å². The molecular formula is C116H118V8-8. The average molecular weight is 1920 g/mol. The second kappa shape index (κ2) is 53.5. The van der Waals surface area contributed by atoms with Crippen molar-refractivity contribution in [1.29, 1.82) is 0 Å². The summed E-state index contributed by atoms with van der Waals surface area (Å²) in [6.07, 6.45) is 31.5. The molecule has 15 aromatic rings. The van der Waals surface area contributed by atoms with Crippen LogP contribution in [0.3, 0.4) is 0 Å². The maximum Gasteiger partial charge on any atom is 0 e. The van der Waals surface area contributed by atoms with Crippen LogP contribution in [0.25, 0.3) is 129 Å². The third-order valence-corrected chi connectivity index (χ3v) is 22.1. The number of benzene rings is 15. The molecular weight excluding hydrogens is 1800 g/mol. The number of rotatable bonds is 0. The summed E-state index contributed by atoms with van der Waals surface area (Å²) >= 11 is 0. The smallest absolute Gasteiger partial charge is 0 e. The first-order valence-corrected chi connectivity index (χ1v) is 38.7. The summed E-state index contributed by atoms with van der Waals surface area (Å²) in [4.78, 5) is 0. The SMILES string of the molecule is CC1=CC=CC1.CC1=Cc2cc3cc4ccccc4cc3cc2C1.CC1=Cc2cc3cc4ccccc4cc3cc2C1.CC1=Cc2cc3cc4ccccc4cc3cc2C1.CC1=Cc2cc3ccccc3cc2C1.CC1=Cc2cc3ccccc3cc2C1.CC1=Cc2ccccc2C1.CC1=Cc2ccccc2C1.[CH3-].[CH3-].[CH3-].[CH3-].[CH3-].[CH3-].[CH3-].[CH3-].[V].[V].[V].[V].[V].[V].[V].[V]. The molecule has 0 N–H and O–H groups in total. The van der Waals surface area contributed by atoms with Crippen molar-refractivity contribution in [3.8, 4) is 0 Å². The fraction of sp³-hybridized carbons (Fsp3) is 0.138. The van der Waals surface area contributed by atoms with Crippen molar-refractivity contribution in [2.45, 2.75) is 107 Å². The van der Waals surface area contributed by atoms with E-state index in [1.807, 2.05) is 0 Å². The number of fused-ring (bicyclic) bond motifs is 15. The zero-order chi connectivity index (χ0) is 73.8. The van der Waals surface area contributed by atoms with Crippen molar-refractivity contribution >= 4 is 129 Å². The molecule has 0 aliphatic heterocycles. The predicted molar refractivity (Wildman–Crippen MR) is 525 cm³/mol. The van der Waals surface area contributed by atoms with Crippen LogP contribution in [0.2, 0.25) is 0 Å². The maximum atomic E-state index is 2.35. The van der Waals surface area contributed by atoms with Crippen molar-refractivity contribution in [2.75, 3.05) is 0 Å². The Balaban J connectivity index is 0.00000139. The molecule has 15 aromatic carbocycles. The van der Waals surface area contributed by atoms with E-state index in [0.717, 1.165) is 44.9 Å². The van der Waals surface area contributed by atoms with E-state index in [1.165, 1.54) is 215 Å². The minimum Gasteiger partial charge on any atom is -0.358 e. The molecule has 0 atom stereocenters. The van der Waals surface area contributed by atoms with Gasteiger partial charge in [-0.3, -0.25) is 0 Å². The number of hydrogen-bond donors (Lipinski definition) is 0. The summed E-state index contributed by atoms with van der Waals surface area (Å²) in [6.45, 7) is 17.5. The molecule has 8 aliphatic rings. The van der Waals surface area contributed by atoms with Gasteiger partial charge < -0.3 is 59.4 Å². The second-order valence-corrected chi connectivity index (χ2v) is 31.3. The van der Waals surface area contributed by atoms with Crippen molar-refractivity contribution in [3.63, 3.8) is 0 Å². The maximum absolute atomic E-state index is 2.35. The zero-order valence-corrected chi connectivity index (χ0v) is 86.6. The summed E-state index contributed by atoms with van der Waals surface area (Å²) in [5.74, 6) is 0. The zero-order valence-electron chi connectivity index (χ0n) is 75.4. The molecule has 0 bridgehead atoms. The summed E-state index contributed by atoms with van der Waals surface area (Å²) in [7, 11) is 0. The third kappa shape index (κ3) is 28.4. The Morgan fingerprint density at radius 3 is 0.532 bits per heavy atom. The Hall–Kier alpha value is -7.28. The molecule has 0 saturated heterocycles. The predicted octanol–water partition coefficient (Wildman–Crippen LogP) is 33.2. The van der Waals surface area contributed by atoms with E-state index in [4.69, 9.17) is 0 Å². The molecule has 124 heavy (non-hydrogen) atoms. The molecule has 0 fully saturated rings. The van der Waals surface area contributed by atoms with Gasteiger partial charge in [-0.15, -0.1) is 0 Å². The second-order valence-electron chi connectivity index (χ2n) is 31.3. The van der Waals surface area contributed by atoms with E-state index in [0.29, 0.717) is 0 Å². The quantitative estimate of drug-likeness (QED) is 0.105. The Morgan fingerprint density at radius 2 is 0.331 bits per heavy atom. The van der Waals surface area contributed by atoms with Gasteiger partial charge in [0.05, 0.1) is 0 Å². The molecule has 0 spiro atoms. The molecule has 8 aliphatic carbocycles. The number of allylic oxidation sites excluding steroid dienone is 11. The summed E-state index contributed by atoms with van der Waals surface area (Å²) in [5.41, 5.74) is 31.8. The van der Waals surface area contributed by atoms with Gasteiger partial charge in [-0.1, -0.05) is 306 Å². The third-order valence-electron chi connectivity index (χ3n) is 22.1. The fourth-order valence-corrected chi connectivity index (χ4v) is 16.8. The van der Waals surface area contributed by atoms with Crippen molar-refractivity contribution in [1.82, 2.24) is 0 Å². The van der Waals surface area contributed by atoms with Crippen LogP contribution >= 0.6 is 0 Å². The van der Waals surface area contributed by atoms with Gasteiger partial charge in [0.1, 0.15) is 0 Å². The van der Waals surface area contributed by atoms with Gasteiger partial charge in [0.25, 0.3) is 0 Å². The van der Waals surface area contributed by atoms with Crippen LogP contribution in [-0.4, -0.2) is 0 Å². The normalized spacial score (nSPS) is 12.5. The molecule has 0 heterocycles. The van der Waals surface area contributed by atoms with E-state index in [9.17, 15) is 0 Å². The molecule has 0 amide bonds.